The zero-order chi connectivity index (χ0) is 40.5. The molecule has 14 heteroatoms. The lowest BCUT2D eigenvalue weighted by Gasteiger charge is -2.28. The number of nitrogens with one attached hydrogen (secondary N) is 2. The van der Waals surface area contributed by atoms with Gasteiger partial charge in [0.15, 0.2) is 0 Å². The molecule has 4 rings (SSSR count). The predicted molar refractivity (Wildman–Crippen MR) is 212 cm³/mol. The summed E-state index contributed by atoms with van der Waals surface area (Å²) >= 11 is 0. The molecule has 0 radical (unpaired) electrons. The second kappa shape index (κ2) is 26.7. The van der Waals surface area contributed by atoms with E-state index in [-0.39, 0.29) is 32.0 Å². The molecule has 3 aromatic carbocycles. The molecule has 0 spiro atoms. The van der Waals surface area contributed by atoms with E-state index in [1.165, 1.54) is 0 Å². The highest BCUT2D eigenvalue weighted by atomic mass is 16.6. The zero-order valence-corrected chi connectivity index (χ0v) is 33.2. The van der Waals surface area contributed by atoms with E-state index in [0.29, 0.717) is 84.7 Å². The van der Waals surface area contributed by atoms with Crippen LogP contribution in [0.25, 0.3) is 0 Å². The van der Waals surface area contributed by atoms with Gasteiger partial charge in [-0.3, -0.25) is 4.79 Å². The number of methoxy groups -OCH3 is 2. The molecule has 0 unspecified atom stereocenters. The molecule has 0 bridgehead atoms. The van der Waals surface area contributed by atoms with Crippen LogP contribution in [0.3, 0.4) is 0 Å². The summed E-state index contributed by atoms with van der Waals surface area (Å²) in [6.07, 6.45) is -1.59. The number of amides is 2. The van der Waals surface area contributed by atoms with Gasteiger partial charge in [0, 0.05) is 26.6 Å². The fourth-order valence-electron chi connectivity index (χ4n) is 6.45. The van der Waals surface area contributed by atoms with Crippen molar-refractivity contribution in [3.8, 4) is 5.75 Å². The maximum absolute atomic E-state index is 14.1. The Morgan fingerprint density at radius 1 is 0.684 bits per heavy atom. The van der Waals surface area contributed by atoms with Crippen molar-refractivity contribution in [1.29, 1.82) is 0 Å². The SMILES string of the molecule is COCCOCCOCCOCCOC(=O)N[C@@H](Cc1ccccc1)[C@@H](O)C[C@@H](Cc1ccc(OCCOCCOC)cc1)C(=O)N[C@H]1c2ccccc2C[C@H]1O. The molecule has 2 amide bonds. The summed E-state index contributed by atoms with van der Waals surface area (Å²) in [5, 5.41) is 28.6. The van der Waals surface area contributed by atoms with Gasteiger partial charge >= 0.3 is 6.09 Å². The minimum Gasteiger partial charge on any atom is -0.491 e. The van der Waals surface area contributed by atoms with Crippen LogP contribution in [-0.4, -0.2) is 134 Å². The number of rotatable bonds is 29. The standard InChI is InChI=1S/C43H60N2O12/c1-50-16-18-52-20-21-54-22-23-55-25-27-57-43(49)44-38(29-32-8-4-3-5-9-32)39(46)31-35(42(48)45-41-37-11-7-6-10-34(37)30-40(41)47)28-33-12-14-36(15-13-33)56-26-24-53-19-17-51-2/h3-15,35,38-41,46-47H,16-31H2,1-2H3,(H,44,49)(H,45,48)/t35-,38+,39+,40-,41+/m1/s1. The van der Waals surface area contributed by atoms with Gasteiger partial charge in [-0.25, -0.2) is 4.79 Å². The fraction of sp³-hybridized carbons (Fsp3) is 0.535. The Kier molecular flexibility index (Phi) is 21.4. The molecule has 3 aromatic rings. The van der Waals surface area contributed by atoms with Crippen LogP contribution in [0, 0.1) is 5.92 Å². The van der Waals surface area contributed by atoms with E-state index in [1.54, 1.807) is 14.2 Å². The molecule has 14 nitrogen and oxygen atoms in total. The number of alkyl carbamates (subject to hydrolysis) is 1. The first-order valence-corrected chi connectivity index (χ1v) is 19.6. The van der Waals surface area contributed by atoms with E-state index < -0.39 is 36.3 Å². The third kappa shape index (κ3) is 17.1. The fourth-order valence-corrected chi connectivity index (χ4v) is 6.45. The highest BCUT2D eigenvalue weighted by Crippen LogP contribution is 2.32. The number of aliphatic hydroxyl groups excluding tert-OH is 2. The Morgan fingerprint density at radius 2 is 1.25 bits per heavy atom. The molecule has 5 atom stereocenters. The van der Waals surface area contributed by atoms with Crippen molar-refractivity contribution in [2.75, 3.05) is 93.5 Å². The second-order valence-electron chi connectivity index (χ2n) is 13.7. The minimum atomic E-state index is -1.14. The molecule has 0 saturated carbocycles. The van der Waals surface area contributed by atoms with Crippen LogP contribution >= 0.6 is 0 Å². The summed E-state index contributed by atoms with van der Waals surface area (Å²) in [6, 6.07) is 23.2. The third-order valence-electron chi connectivity index (χ3n) is 9.43. The van der Waals surface area contributed by atoms with E-state index in [1.807, 2.05) is 78.9 Å². The van der Waals surface area contributed by atoms with Gasteiger partial charge in [-0.15, -0.1) is 0 Å². The van der Waals surface area contributed by atoms with E-state index in [0.717, 1.165) is 22.3 Å². The summed E-state index contributed by atoms with van der Waals surface area (Å²) in [5.41, 5.74) is 3.60. The molecule has 0 aliphatic heterocycles. The molecule has 0 fully saturated rings. The van der Waals surface area contributed by atoms with Crippen LogP contribution in [0.1, 0.15) is 34.7 Å². The average molecular weight is 797 g/mol. The molecule has 4 N–H and O–H groups in total. The van der Waals surface area contributed by atoms with Crippen LogP contribution in [0.15, 0.2) is 78.9 Å². The van der Waals surface area contributed by atoms with E-state index in [9.17, 15) is 19.8 Å². The molecule has 1 aliphatic rings. The maximum Gasteiger partial charge on any atom is 0.407 e. The molecule has 0 aromatic heterocycles. The van der Waals surface area contributed by atoms with Crippen LogP contribution in [0.5, 0.6) is 5.75 Å². The summed E-state index contributed by atoms with van der Waals surface area (Å²) in [6.45, 7) is 4.58. The van der Waals surface area contributed by atoms with Gasteiger partial charge < -0.3 is 58.7 Å². The quantitative estimate of drug-likeness (QED) is 0.0756. The molecule has 57 heavy (non-hydrogen) atoms. The van der Waals surface area contributed by atoms with Crippen LogP contribution in [0.2, 0.25) is 0 Å². The molecule has 0 saturated heterocycles. The highest BCUT2D eigenvalue weighted by Gasteiger charge is 2.35. The number of benzene rings is 3. The van der Waals surface area contributed by atoms with Crippen LogP contribution in [-0.2, 0) is 57.2 Å². The van der Waals surface area contributed by atoms with Crippen molar-refractivity contribution in [1.82, 2.24) is 10.6 Å². The smallest absolute Gasteiger partial charge is 0.407 e. The Bertz CT molecular complexity index is 1550. The summed E-state index contributed by atoms with van der Waals surface area (Å²) < 4.78 is 42.9. The molecule has 0 heterocycles. The third-order valence-corrected chi connectivity index (χ3v) is 9.43. The van der Waals surface area contributed by atoms with Crippen molar-refractivity contribution >= 4 is 12.0 Å². The van der Waals surface area contributed by atoms with Gasteiger partial charge in [-0.05, 0) is 53.6 Å². The van der Waals surface area contributed by atoms with Crippen molar-refractivity contribution in [3.05, 3.63) is 101 Å². The largest absolute Gasteiger partial charge is 0.491 e. The lowest BCUT2D eigenvalue weighted by atomic mass is 9.88. The zero-order valence-electron chi connectivity index (χ0n) is 33.2. The minimum absolute atomic E-state index is 0.00309. The lowest BCUT2D eigenvalue weighted by molar-refractivity contribution is -0.127. The van der Waals surface area contributed by atoms with Gasteiger partial charge in [0.25, 0.3) is 0 Å². The number of hydrogen-bond acceptors (Lipinski definition) is 12. The number of carbonyl (C=O) groups is 2. The average Bonchev–Trinajstić information content (AvgIpc) is 3.53. The van der Waals surface area contributed by atoms with E-state index in [4.69, 9.17) is 37.9 Å². The summed E-state index contributed by atoms with van der Waals surface area (Å²) in [4.78, 5) is 27.1. The normalized spacial score (nSPS) is 16.4. The van der Waals surface area contributed by atoms with Gasteiger partial charge in [0.05, 0.1) is 90.4 Å². The number of hydrogen-bond donors (Lipinski definition) is 4. The molecular formula is C43H60N2O12. The monoisotopic (exact) mass is 796 g/mol. The van der Waals surface area contributed by atoms with E-state index in [2.05, 4.69) is 10.6 Å². The van der Waals surface area contributed by atoms with Gasteiger partial charge in [-0.1, -0.05) is 66.7 Å². The number of carbonyl (C=O) groups excluding carboxylic acids is 2. The summed E-state index contributed by atoms with van der Waals surface area (Å²) in [7, 11) is 3.23. The molecular weight excluding hydrogens is 736 g/mol. The molecule has 314 valence electrons. The summed E-state index contributed by atoms with van der Waals surface area (Å²) in [5.74, 6) is -0.377. The first-order chi connectivity index (χ1) is 27.9. The maximum atomic E-state index is 14.1. The Balaban J connectivity index is 1.37. The number of fused-ring (bicyclic) bond motifs is 1. The van der Waals surface area contributed by atoms with Crippen LogP contribution < -0.4 is 15.4 Å². The Labute approximate surface area is 336 Å². The van der Waals surface area contributed by atoms with Crippen molar-refractivity contribution < 1.29 is 57.7 Å². The first-order valence-electron chi connectivity index (χ1n) is 19.6. The first kappa shape index (κ1) is 45.6. The van der Waals surface area contributed by atoms with Gasteiger partial charge in [0.1, 0.15) is 19.0 Å². The number of aliphatic hydroxyl groups is 2. The highest BCUT2D eigenvalue weighted by molar-refractivity contribution is 5.80. The topological polar surface area (TPSA) is 172 Å². The van der Waals surface area contributed by atoms with E-state index >= 15 is 0 Å². The van der Waals surface area contributed by atoms with Crippen LogP contribution in [0.4, 0.5) is 4.79 Å². The Hall–Kier alpha value is -4.12. The predicted octanol–water partition coefficient (Wildman–Crippen LogP) is 3.45. The lowest BCUT2D eigenvalue weighted by Crippen LogP contribution is -2.47. The molecule has 1 aliphatic carbocycles. The second-order valence-corrected chi connectivity index (χ2v) is 13.7. The van der Waals surface area contributed by atoms with Gasteiger partial charge in [0.2, 0.25) is 5.91 Å². The van der Waals surface area contributed by atoms with Crippen molar-refractivity contribution in [2.24, 2.45) is 5.92 Å². The number of ether oxygens (including phenoxy) is 8. The van der Waals surface area contributed by atoms with Crippen molar-refractivity contribution in [3.63, 3.8) is 0 Å². The van der Waals surface area contributed by atoms with Gasteiger partial charge in [-0.2, -0.15) is 0 Å². The Morgan fingerprint density at radius 3 is 1.89 bits per heavy atom. The van der Waals surface area contributed by atoms with Crippen molar-refractivity contribution in [2.45, 2.75) is 50.0 Å².